The summed E-state index contributed by atoms with van der Waals surface area (Å²) in [5.41, 5.74) is 0.468. The molecule has 0 amide bonds. The van der Waals surface area contributed by atoms with E-state index in [1.165, 1.54) is 6.07 Å². The number of likely N-dealkylation sites (N-methyl/N-ethyl adjacent to an activating group) is 1. The van der Waals surface area contributed by atoms with E-state index in [9.17, 15) is 4.39 Å². The molecule has 1 heterocycles. The van der Waals surface area contributed by atoms with Gasteiger partial charge in [0.2, 0.25) is 0 Å². The lowest BCUT2D eigenvalue weighted by molar-refractivity contribution is 0.458. The van der Waals surface area contributed by atoms with E-state index < -0.39 is 0 Å². The fraction of sp³-hybridized carbons (Fsp3) is 0.500. The first-order valence-corrected chi connectivity index (χ1v) is 6.25. The second-order valence-corrected chi connectivity index (χ2v) is 5.34. The van der Waals surface area contributed by atoms with Crippen molar-refractivity contribution < 1.29 is 4.39 Å². The van der Waals surface area contributed by atoms with Crippen molar-refractivity contribution in [3.8, 4) is 0 Å². The van der Waals surface area contributed by atoms with Gasteiger partial charge in [-0.25, -0.2) is 4.39 Å². The van der Waals surface area contributed by atoms with Crippen LogP contribution in [0.1, 0.15) is 19.4 Å². The molecule has 1 aromatic carbocycles. The van der Waals surface area contributed by atoms with Crippen molar-refractivity contribution in [2.45, 2.75) is 19.3 Å². The molecule has 1 aliphatic rings. The third kappa shape index (κ3) is 2.63. The van der Waals surface area contributed by atoms with Gasteiger partial charge in [0.1, 0.15) is 5.82 Å². The highest BCUT2D eigenvalue weighted by atomic mass is 19.1. The number of rotatable bonds is 3. The quantitative estimate of drug-likeness (QED) is 0.887. The van der Waals surface area contributed by atoms with Crippen LogP contribution in [0.5, 0.6) is 0 Å². The van der Waals surface area contributed by atoms with Gasteiger partial charge in [0.25, 0.3) is 0 Å². The first kappa shape index (κ1) is 12.9. The Morgan fingerprint density at radius 2 is 2.11 bits per heavy atom. The monoisotopic (exact) mass is 249 g/mol. The van der Waals surface area contributed by atoms with Crippen molar-refractivity contribution in [2.75, 3.05) is 26.7 Å². The zero-order valence-corrected chi connectivity index (χ0v) is 11.2. The number of nitrogens with one attached hydrogen (secondary N) is 1. The Hall–Kier alpha value is -1.58. The number of nitrogens with zero attached hydrogens (tertiary/aromatic N) is 2. The minimum absolute atomic E-state index is 0.147. The summed E-state index contributed by atoms with van der Waals surface area (Å²) >= 11 is 0. The molecule has 0 atom stereocenters. The van der Waals surface area contributed by atoms with E-state index in [1.807, 2.05) is 33.0 Å². The summed E-state index contributed by atoms with van der Waals surface area (Å²) in [6, 6.07) is 6.95. The van der Waals surface area contributed by atoms with Crippen molar-refractivity contribution in [1.82, 2.24) is 10.2 Å². The molecule has 18 heavy (non-hydrogen) atoms. The topological polar surface area (TPSA) is 27.6 Å². The van der Waals surface area contributed by atoms with Gasteiger partial charge in [-0.15, -0.1) is 0 Å². The van der Waals surface area contributed by atoms with Crippen molar-refractivity contribution in [2.24, 2.45) is 4.99 Å². The van der Waals surface area contributed by atoms with Crippen LogP contribution in [0, 0.1) is 5.82 Å². The van der Waals surface area contributed by atoms with Gasteiger partial charge in [-0.1, -0.05) is 32.0 Å². The molecule has 0 radical (unpaired) electrons. The van der Waals surface area contributed by atoms with Crippen LogP contribution in [0.15, 0.2) is 29.3 Å². The second kappa shape index (κ2) is 4.96. The maximum absolute atomic E-state index is 13.8. The van der Waals surface area contributed by atoms with E-state index in [0.29, 0.717) is 6.54 Å². The molecule has 0 aromatic heterocycles. The molecule has 0 unspecified atom stereocenters. The number of hydrogen-bond donors (Lipinski definition) is 1. The fourth-order valence-corrected chi connectivity index (χ4v) is 2.13. The third-order valence-electron chi connectivity index (χ3n) is 3.35. The highest BCUT2D eigenvalue weighted by Gasteiger charge is 2.25. The van der Waals surface area contributed by atoms with Crippen LogP contribution in [-0.4, -0.2) is 37.5 Å². The van der Waals surface area contributed by atoms with Crippen molar-refractivity contribution >= 4 is 5.96 Å². The summed E-state index contributed by atoms with van der Waals surface area (Å²) < 4.78 is 13.8. The zero-order valence-electron chi connectivity index (χ0n) is 11.2. The molecule has 0 saturated heterocycles. The molecule has 1 aliphatic heterocycles. The molecule has 2 rings (SSSR count). The van der Waals surface area contributed by atoms with Crippen molar-refractivity contribution in [3.63, 3.8) is 0 Å². The number of halogens is 1. The van der Waals surface area contributed by atoms with Crippen LogP contribution in [-0.2, 0) is 5.41 Å². The Labute approximate surface area is 108 Å². The van der Waals surface area contributed by atoms with Crippen LogP contribution < -0.4 is 5.32 Å². The minimum atomic E-state index is -0.267. The van der Waals surface area contributed by atoms with Gasteiger partial charge in [0, 0.05) is 25.6 Å². The molecule has 0 spiro atoms. The third-order valence-corrected chi connectivity index (χ3v) is 3.35. The van der Waals surface area contributed by atoms with E-state index in [1.54, 1.807) is 6.07 Å². The summed E-state index contributed by atoms with van der Waals surface area (Å²) in [5, 5.41) is 3.31. The molecular formula is C14H20FN3. The summed E-state index contributed by atoms with van der Waals surface area (Å²) in [6.07, 6.45) is 0. The predicted octanol–water partition coefficient (Wildman–Crippen LogP) is 1.99. The molecule has 1 N–H and O–H groups in total. The molecule has 0 bridgehead atoms. The van der Waals surface area contributed by atoms with Gasteiger partial charge in [0.05, 0.1) is 6.54 Å². The summed E-state index contributed by atoms with van der Waals surface area (Å²) in [4.78, 5) is 6.45. The predicted molar refractivity (Wildman–Crippen MR) is 72.4 cm³/mol. The molecule has 98 valence electrons. The van der Waals surface area contributed by atoms with E-state index in [2.05, 4.69) is 15.2 Å². The Kier molecular flexibility index (Phi) is 3.55. The maximum Gasteiger partial charge on any atom is 0.193 e. The van der Waals surface area contributed by atoms with E-state index in [0.717, 1.165) is 24.6 Å². The highest BCUT2D eigenvalue weighted by Crippen LogP contribution is 2.24. The lowest BCUT2D eigenvalue weighted by Crippen LogP contribution is -2.42. The second-order valence-electron chi connectivity index (χ2n) is 5.34. The van der Waals surface area contributed by atoms with Gasteiger partial charge in [-0.05, 0) is 11.6 Å². The molecule has 0 fully saturated rings. The van der Waals surface area contributed by atoms with Crippen LogP contribution in [0.3, 0.4) is 0 Å². The summed E-state index contributed by atoms with van der Waals surface area (Å²) in [7, 11) is 2.01. The van der Waals surface area contributed by atoms with Gasteiger partial charge in [0.15, 0.2) is 5.96 Å². The fourth-order valence-electron chi connectivity index (χ4n) is 2.13. The summed E-state index contributed by atoms with van der Waals surface area (Å²) in [5.74, 6) is 0.755. The van der Waals surface area contributed by atoms with E-state index >= 15 is 0 Å². The maximum atomic E-state index is 13.8. The first-order valence-electron chi connectivity index (χ1n) is 6.25. The summed E-state index contributed by atoms with van der Waals surface area (Å²) in [6.45, 7) is 6.51. The number of benzene rings is 1. The largest absolute Gasteiger partial charge is 0.355 e. The SMILES string of the molecule is CN1CCN=C1NCC(C)(C)c1ccccc1F. The molecule has 0 saturated carbocycles. The molecule has 0 aliphatic carbocycles. The standard InChI is InChI=1S/C14H20FN3/c1-14(2,11-6-4-5-7-12(11)15)10-17-13-16-8-9-18(13)3/h4-7H,8-10H2,1-3H3,(H,16,17). The van der Waals surface area contributed by atoms with Crippen molar-refractivity contribution in [3.05, 3.63) is 35.6 Å². The van der Waals surface area contributed by atoms with Crippen LogP contribution in [0.4, 0.5) is 4.39 Å². The average molecular weight is 249 g/mol. The Morgan fingerprint density at radius 1 is 1.39 bits per heavy atom. The van der Waals surface area contributed by atoms with Crippen LogP contribution in [0.2, 0.25) is 0 Å². The van der Waals surface area contributed by atoms with Crippen LogP contribution in [0.25, 0.3) is 0 Å². The average Bonchev–Trinajstić information content (AvgIpc) is 2.73. The zero-order chi connectivity index (χ0) is 13.2. The normalized spacial score (nSPS) is 15.8. The van der Waals surface area contributed by atoms with Gasteiger partial charge in [-0.2, -0.15) is 0 Å². The molecule has 3 nitrogen and oxygen atoms in total. The number of hydrogen-bond acceptors (Lipinski definition) is 3. The minimum Gasteiger partial charge on any atom is -0.355 e. The van der Waals surface area contributed by atoms with Gasteiger partial charge in [-0.3, -0.25) is 4.99 Å². The Balaban J connectivity index is 2.06. The van der Waals surface area contributed by atoms with E-state index in [4.69, 9.17) is 0 Å². The lowest BCUT2D eigenvalue weighted by Gasteiger charge is -2.27. The number of guanidine groups is 1. The van der Waals surface area contributed by atoms with Crippen LogP contribution >= 0.6 is 0 Å². The molecule has 1 aromatic rings. The van der Waals surface area contributed by atoms with Gasteiger partial charge >= 0.3 is 0 Å². The first-order chi connectivity index (χ1) is 8.50. The lowest BCUT2D eigenvalue weighted by atomic mass is 9.84. The Bertz CT molecular complexity index is 454. The van der Waals surface area contributed by atoms with E-state index in [-0.39, 0.29) is 11.2 Å². The van der Waals surface area contributed by atoms with Crippen molar-refractivity contribution in [1.29, 1.82) is 0 Å². The Morgan fingerprint density at radius 3 is 2.72 bits per heavy atom. The molecule has 4 heteroatoms. The smallest absolute Gasteiger partial charge is 0.193 e. The van der Waals surface area contributed by atoms with Gasteiger partial charge < -0.3 is 10.2 Å². The molecular weight excluding hydrogens is 229 g/mol. The highest BCUT2D eigenvalue weighted by molar-refractivity contribution is 5.81. The number of aliphatic imine (C=N–C) groups is 1.